The molecule has 0 fully saturated rings. The van der Waals surface area contributed by atoms with Gasteiger partial charge in [-0.15, -0.1) is 11.3 Å². The number of hydrogen-bond donors (Lipinski definition) is 2. The Labute approximate surface area is 165 Å². The summed E-state index contributed by atoms with van der Waals surface area (Å²) in [4.78, 5) is 13.7. The molecule has 3 rings (SSSR count). The minimum Gasteiger partial charge on any atom is -0.348 e. The van der Waals surface area contributed by atoms with Gasteiger partial charge in [0.2, 0.25) is 5.91 Å². The number of thiophene rings is 1. The summed E-state index contributed by atoms with van der Waals surface area (Å²) < 4.78 is 0. The Morgan fingerprint density at radius 1 is 0.963 bits per heavy atom. The highest BCUT2D eigenvalue weighted by Crippen LogP contribution is 2.26. The van der Waals surface area contributed by atoms with E-state index in [9.17, 15) is 4.79 Å². The molecule has 1 aromatic heterocycles. The van der Waals surface area contributed by atoms with Crippen molar-refractivity contribution in [2.45, 2.75) is 32.4 Å². The van der Waals surface area contributed by atoms with E-state index in [2.05, 4.69) is 53.3 Å². The second-order valence-corrected chi connectivity index (χ2v) is 7.60. The van der Waals surface area contributed by atoms with Gasteiger partial charge >= 0.3 is 0 Å². The van der Waals surface area contributed by atoms with E-state index in [0.717, 1.165) is 12.0 Å². The Bertz CT molecular complexity index is 829. The second-order valence-electron chi connectivity index (χ2n) is 6.62. The Morgan fingerprint density at radius 2 is 1.70 bits per heavy atom. The maximum Gasteiger partial charge on any atom is 0.234 e. The fourth-order valence-corrected chi connectivity index (χ4v) is 3.92. The largest absolute Gasteiger partial charge is 0.348 e. The van der Waals surface area contributed by atoms with Crippen LogP contribution in [0, 0.1) is 0 Å². The number of carbonyl (C=O) groups excluding carboxylic acids is 1. The van der Waals surface area contributed by atoms with Gasteiger partial charge in [0, 0.05) is 4.88 Å². The number of benzene rings is 2. The van der Waals surface area contributed by atoms with E-state index in [1.807, 2.05) is 43.3 Å². The average molecular weight is 379 g/mol. The van der Waals surface area contributed by atoms with Crippen LogP contribution in [0.4, 0.5) is 0 Å². The molecule has 0 saturated carbocycles. The van der Waals surface area contributed by atoms with Gasteiger partial charge in [-0.25, -0.2) is 0 Å². The summed E-state index contributed by atoms with van der Waals surface area (Å²) in [5, 5.41) is 8.57. The van der Waals surface area contributed by atoms with Crippen molar-refractivity contribution >= 4 is 17.2 Å². The average Bonchev–Trinajstić information content (AvgIpc) is 3.24. The van der Waals surface area contributed by atoms with Gasteiger partial charge in [0.1, 0.15) is 0 Å². The number of carbonyl (C=O) groups is 1. The third-order valence-corrected chi connectivity index (χ3v) is 5.63. The fraction of sp³-hybridized carbons (Fsp3) is 0.261. The summed E-state index contributed by atoms with van der Waals surface area (Å²) in [5.41, 5.74) is 3.60. The molecule has 2 N–H and O–H groups in total. The minimum absolute atomic E-state index is 0.00177. The zero-order valence-corrected chi connectivity index (χ0v) is 16.6. The summed E-state index contributed by atoms with van der Waals surface area (Å²) in [6.07, 6.45) is 1.02. The van der Waals surface area contributed by atoms with Crippen LogP contribution in [0.1, 0.15) is 47.5 Å². The molecule has 0 aliphatic heterocycles. The van der Waals surface area contributed by atoms with Crippen LogP contribution in [-0.4, -0.2) is 12.5 Å². The number of rotatable bonds is 8. The molecule has 1 heterocycles. The van der Waals surface area contributed by atoms with Crippen LogP contribution < -0.4 is 10.6 Å². The predicted octanol–water partition coefficient (Wildman–Crippen LogP) is 4.87. The van der Waals surface area contributed by atoms with Crippen molar-refractivity contribution in [3.63, 3.8) is 0 Å². The smallest absolute Gasteiger partial charge is 0.234 e. The third-order valence-electron chi connectivity index (χ3n) is 4.69. The fourth-order valence-electron chi connectivity index (χ4n) is 3.10. The van der Waals surface area contributed by atoms with Gasteiger partial charge in [-0.1, -0.05) is 67.6 Å². The standard InChI is InChI=1S/C23H26N2OS/c1-3-18-11-13-20(14-12-18)23(21-10-7-15-27-21)24-16-22(26)25-17(2)19-8-5-4-6-9-19/h4-15,17,23-24H,3,16H2,1-2H3,(H,25,26)/t17-,23-/m1/s1. The summed E-state index contributed by atoms with van der Waals surface area (Å²) in [7, 11) is 0. The van der Waals surface area contributed by atoms with Crippen LogP contribution in [0.25, 0.3) is 0 Å². The molecule has 0 saturated heterocycles. The number of aryl methyl sites for hydroxylation is 1. The van der Waals surface area contributed by atoms with Gasteiger partial charge in [-0.2, -0.15) is 0 Å². The Morgan fingerprint density at radius 3 is 2.33 bits per heavy atom. The molecule has 1 amide bonds. The molecule has 0 bridgehead atoms. The van der Waals surface area contributed by atoms with Crippen molar-refractivity contribution in [3.05, 3.63) is 93.7 Å². The summed E-state index contributed by atoms with van der Waals surface area (Å²) >= 11 is 1.70. The predicted molar refractivity (Wildman–Crippen MR) is 113 cm³/mol. The maximum absolute atomic E-state index is 12.5. The molecular formula is C23H26N2OS. The third kappa shape index (κ3) is 5.28. The van der Waals surface area contributed by atoms with Gasteiger partial charge < -0.3 is 5.32 Å². The molecule has 27 heavy (non-hydrogen) atoms. The molecule has 0 unspecified atom stereocenters. The van der Waals surface area contributed by atoms with Crippen LogP contribution in [0.2, 0.25) is 0 Å². The van der Waals surface area contributed by atoms with Gasteiger partial charge in [0.25, 0.3) is 0 Å². The zero-order valence-electron chi connectivity index (χ0n) is 15.8. The molecule has 0 aliphatic rings. The number of amides is 1. The van der Waals surface area contributed by atoms with E-state index in [1.165, 1.54) is 16.0 Å². The van der Waals surface area contributed by atoms with E-state index in [1.54, 1.807) is 11.3 Å². The molecule has 3 nitrogen and oxygen atoms in total. The first-order valence-electron chi connectivity index (χ1n) is 9.37. The van der Waals surface area contributed by atoms with E-state index in [0.29, 0.717) is 0 Å². The van der Waals surface area contributed by atoms with Crippen molar-refractivity contribution in [3.8, 4) is 0 Å². The quantitative estimate of drug-likeness (QED) is 0.587. The minimum atomic E-state index is -0.00970. The van der Waals surface area contributed by atoms with Crippen molar-refractivity contribution in [1.82, 2.24) is 10.6 Å². The SMILES string of the molecule is CCc1ccc([C@@H](NCC(=O)N[C@H](C)c2ccccc2)c2cccs2)cc1. The molecule has 0 spiro atoms. The molecule has 140 valence electrons. The lowest BCUT2D eigenvalue weighted by atomic mass is 10.0. The van der Waals surface area contributed by atoms with Crippen LogP contribution in [0.5, 0.6) is 0 Å². The lowest BCUT2D eigenvalue weighted by Crippen LogP contribution is -2.37. The summed E-state index contributed by atoms with van der Waals surface area (Å²) in [6, 6.07) is 22.8. The van der Waals surface area contributed by atoms with Crippen LogP contribution in [0.3, 0.4) is 0 Å². The molecular weight excluding hydrogens is 352 g/mol. The highest BCUT2D eigenvalue weighted by Gasteiger charge is 2.17. The highest BCUT2D eigenvalue weighted by atomic mass is 32.1. The lowest BCUT2D eigenvalue weighted by molar-refractivity contribution is -0.121. The molecule has 3 aromatic rings. The first-order valence-corrected chi connectivity index (χ1v) is 10.2. The van der Waals surface area contributed by atoms with Gasteiger partial charge in [-0.3, -0.25) is 10.1 Å². The van der Waals surface area contributed by atoms with E-state index < -0.39 is 0 Å². The van der Waals surface area contributed by atoms with E-state index in [4.69, 9.17) is 0 Å². The maximum atomic E-state index is 12.5. The number of nitrogens with one attached hydrogen (secondary N) is 2. The topological polar surface area (TPSA) is 41.1 Å². The monoisotopic (exact) mass is 378 g/mol. The van der Waals surface area contributed by atoms with Crippen molar-refractivity contribution in [2.75, 3.05) is 6.54 Å². The van der Waals surface area contributed by atoms with Gasteiger partial charge in [0.05, 0.1) is 18.6 Å². The zero-order chi connectivity index (χ0) is 19.1. The Balaban J connectivity index is 1.65. The molecule has 2 atom stereocenters. The van der Waals surface area contributed by atoms with E-state index >= 15 is 0 Å². The molecule has 2 aromatic carbocycles. The van der Waals surface area contributed by atoms with Crippen molar-refractivity contribution in [1.29, 1.82) is 0 Å². The van der Waals surface area contributed by atoms with Crippen LogP contribution in [-0.2, 0) is 11.2 Å². The summed E-state index contributed by atoms with van der Waals surface area (Å²) in [5.74, 6) is -0.00177. The first-order chi connectivity index (χ1) is 13.2. The Kier molecular flexibility index (Phi) is 6.80. The van der Waals surface area contributed by atoms with Gasteiger partial charge in [-0.05, 0) is 41.5 Å². The van der Waals surface area contributed by atoms with Crippen LogP contribution in [0.15, 0.2) is 72.1 Å². The number of hydrogen-bond acceptors (Lipinski definition) is 3. The Hall–Kier alpha value is -2.43. The van der Waals surface area contributed by atoms with Crippen molar-refractivity contribution < 1.29 is 4.79 Å². The molecule has 0 aliphatic carbocycles. The van der Waals surface area contributed by atoms with E-state index in [-0.39, 0.29) is 24.5 Å². The first kappa shape index (κ1) is 19.3. The normalized spacial score (nSPS) is 13.1. The second kappa shape index (κ2) is 9.49. The summed E-state index contributed by atoms with van der Waals surface area (Å²) in [6.45, 7) is 4.44. The molecule has 0 radical (unpaired) electrons. The van der Waals surface area contributed by atoms with Crippen molar-refractivity contribution in [2.24, 2.45) is 0 Å². The van der Waals surface area contributed by atoms with Gasteiger partial charge in [0.15, 0.2) is 0 Å². The molecule has 4 heteroatoms. The lowest BCUT2D eigenvalue weighted by Gasteiger charge is -2.20. The highest BCUT2D eigenvalue weighted by molar-refractivity contribution is 7.10. The van der Waals surface area contributed by atoms with Crippen LogP contribution >= 0.6 is 11.3 Å².